The largest absolute Gasteiger partial charge is 0.480 e. The Labute approximate surface area is 332 Å². The fourth-order valence-corrected chi connectivity index (χ4v) is 7.67. The topological polar surface area (TPSA) is 150 Å². The Kier molecular flexibility index (Phi) is 16.5. The molecule has 3 amide bonds. The number of hydrogen-bond donors (Lipinski definition) is 3. The highest BCUT2D eigenvalue weighted by Crippen LogP contribution is 2.34. The number of aromatic nitrogens is 1. The van der Waals surface area contributed by atoms with Gasteiger partial charge in [0.2, 0.25) is 17.7 Å². The van der Waals surface area contributed by atoms with Gasteiger partial charge in [-0.3, -0.25) is 14.4 Å². The quantitative estimate of drug-likeness (QED) is 0.148. The molecule has 12 nitrogen and oxygen atoms in total. The van der Waals surface area contributed by atoms with Gasteiger partial charge in [0.05, 0.1) is 47.2 Å². The third-order valence-electron chi connectivity index (χ3n) is 10.9. The maximum Gasteiger partial charge on any atom is 0.417 e. The summed E-state index contributed by atoms with van der Waals surface area (Å²) in [6.07, 6.45) is -3.71. The molecule has 0 bridgehead atoms. The Hall–Kier alpha value is -3.95. The number of carboxylic acids is 1. The molecule has 0 saturated carbocycles. The van der Waals surface area contributed by atoms with E-state index in [0.717, 1.165) is 11.6 Å². The summed E-state index contributed by atoms with van der Waals surface area (Å²) in [6, 6.07) is 7.73. The summed E-state index contributed by atoms with van der Waals surface area (Å²) in [5.74, 6) is -3.75. The van der Waals surface area contributed by atoms with Gasteiger partial charge in [-0.05, 0) is 43.2 Å². The maximum absolute atomic E-state index is 14.2. The van der Waals surface area contributed by atoms with E-state index in [-0.39, 0.29) is 41.4 Å². The zero-order valence-corrected chi connectivity index (χ0v) is 34.4. The standard InChI is InChI=1S/C40H57ClF3N5O7/c1-10-24(4)33(48(7)37(52)32(23(2)3)46-35-28(41)19-27(22-45-35)40(42,43)44)30(55-8)20-31(50)49-18-14-17-29(49)34(56-9)25(5)36(51)47-39(6,38(53)54)21-26-15-12-11-13-16-26/h11-13,15-16,19,22-25,29-30,32-34H,10,14,17-18,20-21H2,1-9H3,(H,45,46)(H,47,51)(H,53,54)/t24-,25+,29-,30+,32-,33-,34+,39-/m0/s1. The molecule has 1 aliphatic heterocycles. The first-order valence-corrected chi connectivity index (χ1v) is 19.3. The SMILES string of the molecule is CC[C@H](C)[C@@H]([C@@H](CC(=O)N1CCC[C@H]1[C@H](OC)[C@@H](C)C(=O)N[C@@](C)(Cc1ccccc1)C(=O)O)OC)N(C)C(=O)[C@@H](Nc1ncc(C(F)(F)F)cc1Cl)C(C)C. The smallest absolute Gasteiger partial charge is 0.417 e. The number of rotatable bonds is 19. The predicted molar refractivity (Wildman–Crippen MR) is 207 cm³/mol. The van der Waals surface area contributed by atoms with Crippen molar-refractivity contribution < 1.29 is 46.9 Å². The van der Waals surface area contributed by atoms with E-state index in [0.29, 0.717) is 32.0 Å². The number of pyridine rings is 1. The average molecular weight is 812 g/mol. The van der Waals surface area contributed by atoms with Crippen LogP contribution in [0.3, 0.4) is 0 Å². The van der Waals surface area contributed by atoms with Gasteiger partial charge in [0.25, 0.3) is 0 Å². The number of methoxy groups -OCH3 is 2. The highest BCUT2D eigenvalue weighted by molar-refractivity contribution is 6.33. The number of carbonyl (C=O) groups is 4. The lowest BCUT2D eigenvalue weighted by molar-refractivity contribution is -0.150. The summed E-state index contributed by atoms with van der Waals surface area (Å²) in [5.41, 5.74) is -1.87. The molecule has 3 rings (SSSR count). The number of nitrogens with one attached hydrogen (secondary N) is 2. The van der Waals surface area contributed by atoms with Gasteiger partial charge >= 0.3 is 12.1 Å². The Balaban J connectivity index is 1.81. The van der Waals surface area contributed by atoms with Crippen molar-refractivity contribution in [1.82, 2.24) is 20.1 Å². The zero-order chi connectivity index (χ0) is 42.1. The van der Waals surface area contributed by atoms with Gasteiger partial charge in [-0.2, -0.15) is 13.2 Å². The van der Waals surface area contributed by atoms with Gasteiger partial charge < -0.3 is 35.0 Å². The fourth-order valence-electron chi connectivity index (χ4n) is 7.45. The third-order valence-corrected chi connectivity index (χ3v) is 11.2. The van der Waals surface area contributed by atoms with Crippen LogP contribution in [0.25, 0.3) is 0 Å². The molecule has 16 heteroatoms. The molecule has 1 aromatic carbocycles. The molecule has 1 aromatic heterocycles. The second-order valence-electron chi connectivity index (χ2n) is 15.3. The molecule has 1 saturated heterocycles. The van der Waals surface area contributed by atoms with Crippen molar-refractivity contribution in [3.63, 3.8) is 0 Å². The first-order chi connectivity index (χ1) is 26.2. The van der Waals surface area contributed by atoms with Gasteiger partial charge in [0, 0.05) is 40.4 Å². The normalized spacial score (nSPS) is 19.0. The molecule has 1 aliphatic rings. The van der Waals surface area contributed by atoms with Crippen LogP contribution in [0.1, 0.15) is 78.4 Å². The molecule has 2 aromatic rings. The van der Waals surface area contributed by atoms with Gasteiger partial charge in [-0.15, -0.1) is 0 Å². The lowest BCUT2D eigenvalue weighted by atomic mass is 9.89. The molecular formula is C40H57ClF3N5O7. The third kappa shape index (κ3) is 11.3. The van der Waals surface area contributed by atoms with Crippen LogP contribution in [0.2, 0.25) is 5.02 Å². The fraction of sp³-hybridized carbons (Fsp3) is 0.625. The second kappa shape index (κ2) is 20.0. The molecule has 56 heavy (non-hydrogen) atoms. The van der Waals surface area contributed by atoms with E-state index in [1.54, 1.807) is 57.0 Å². The minimum absolute atomic E-state index is 0.0632. The minimum Gasteiger partial charge on any atom is -0.480 e. The number of hydrogen-bond acceptors (Lipinski definition) is 8. The van der Waals surface area contributed by atoms with E-state index in [9.17, 15) is 37.5 Å². The second-order valence-corrected chi connectivity index (χ2v) is 15.7. The predicted octanol–water partition coefficient (Wildman–Crippen LogP) is 6.31. The Bertz CT molecular complexity index is 1650. The van der Waals surface area contributed by atoms with Crippen LogP contribution >= 0.6 is 11.6 Å². The summed E-state index contributed by atoms with van der Waals surface area (Å²) in [7, 11) is 4.54. The molecule has 3 N–H and O–H groups in total. The van der Waals surface area contributed by atoms with E-state index >= 15 is 0 Å². The summed E-state index contributed by atoms with van der Waals surface area (Å²) in [5, 5.41) is 15.5. The van der Waals surface area contributed by atoms with Crippen LogP contribution in [-0.2, 0) is 41.2 Å². The van der Waals surface area contributed by atoms with Crippen LogP contribution in [-0.4, -0.2) is 107 Å². The monoisotopic (exact) mass is 811 g/mol. The molecule has 0 spiro atoms. The van der Waals surface area contributed by atoms with Crippen molar-refractivity contribution in [1.29, 1.82) is 0 Å². The number of alkyl halides is 3. The van der Waals surface area contributed by atoms with Crippen molar-refractivity contribution in [2.75, 3.05) is 33.1 Å². The molecule has 0 aliphatic carbocycles. The van der Waals surface area contributed by atoms with Crippen LogP contribution in [0.5, 0.6) is 0 Å². The number of halogens is 4. The highest BCUT2D eigenvalue weighted by Gasteiger charge is 2.44. The Morgan fingerprint density at radius 2 is 1.73 bits per heavy atom. The van der Waals surface area contributed by atoms with Gasteiger partial charge in [0.15, 0.2) is 0 Å². The van der Waals surface area contributed by atoms with Crippen molar-refractivity contribution in [2.45, 2.75) is 116 Å². The maximum atomic E-state index is 14.2. The molecule has 1 fully saturated rings. The van der Waals surface area contributed by atoms with E-state index in [1.807, 2.05) is 19.9 Å². The van der Waals surface area contributed by atoms with Gasteiger partial charge in [-0.25, -0.2) is 9.78 Å². The van der Waals surface area contributed by atoms with Crippen LogP contribution in [0.15, 0.2) is 42.6 Å². The van der Waals surface area contributed by atoms with Crippen LogP contribution in [0.4, 0.5) is 19.0 Å². The first-order valence-electron chi connectivity index (χ1n) is 18.9. The number of carbonyl (C=O) groups excluding carboxylic acids is 3. The molecule has 2 heterocycles. The van der Waals surface area contributed by atoms with Gasteiger partial charge in [0.1, 0.15) is 17.4 Å². The Morgan fingerprint density at radius 3 is 2.25 bits per heavy atom. The highest BCUT2D eigenvalue weighted by atomic mass is 35.5. The van der Waals surface area contributed by atoms with Crippen LogP contribution in [0, 0.1) is 17.8 Å². The van der Waals surface area contributed by atoms with Crippen molar-refractivity contribution in [2.24, 2.45) is 17.8 Å². The number of benzene rings is 1. The Morgan fingerprint density at radius 1 is 1.09 bits per heavy atom. The number of ether oxygens (including phenoxy) is 2. The molecule has 0 radical (unpaired) electrons. The number of amides is 3. The van der Waals surface area contributed by atoms with Crippen molar-refractivity contribution in [3.8, 4) is 0 Å². The minimum atomic E-state index is -4.64. The zero-order valence-electron chi connectivity index (χ0n) is 33.7. The van der Waals surface area contributed by atoms with Crippen molar-refractivity contribution >= 4 is 41.1 Å². The molecule has 8 atom stereocenters. The van der Waals surface area contributed by atoms with Gasteiger partial charge in [-0.1, -0.05) is 83.0 Å². The number of aliphatic carboxylic acids is 1. The number of nitrogens with zero attached hydrogens (tertiary/aromatic N) is 3. The first kappa shape index (κ1) is 46.4. The molecular weight excluding hydrogens is 755 g/mol. The van der Waals surface area contributed by atoms with E-state index < -0.39 is 71.3 Å². The van der Waals surface area contributed by atoms with Crippen LogP contribution < -0.4 is 10.6 Å². The summed E-state index contributed by atoms with van der Waals surface area (Å²) in [4.78, 5) is 61.5. The molecule has 0 unspecified atom stereocenters. The number of anilines is 1. The average Bonchev–Trinajstić information content (AvgIpc) is 3.63. The van der Waals surface area contributed by atoms with E-state index in [2.05, 4.69) is 15.6 Å². The summed E-state index contributed by atoms with van der Waals surface area (Å²) >= 11 is 6.18. The summed E-state index contributed by atoms with van der Waals surface area (Å²) in [6.45, 7) is 11.0. The lowest BCUT2D eigenvalue weighted by Gasteiger charge is -2.41. The van der Waals surface area contributed by atoms with Crippen molar-refractivity contribution in [3.05, 3.63) is 58.7 Å². The number of likely N-dealkylation sites (tertiary alicyclic amines) is 1. The lowest BCUT2D eigenvalue weighted by Crippen LogP contribution is -2.58. The number of carboxylic acid groups (broad SMARTS) is 1. The van der Waals surface area contributed by atoms with E-state index in [1.165, 1.54) is 26.0 Å². The summed E-state index contributed by atoms with van der Waals surface area (Å²) < 4.78 is 51.5. The molecule has 312 valence electrons. The number of likely N-dealkylation sites (N-methyl/N-ethyl adjacent to an activating group) is 1. The van der Waals surface area contributed by atoms with E-state index in [4.69, 9.17) is 21.1 Å².